The number of halogens is 1. The summed E-state index contributed by atoms with van der Waals surface area (Å²) in [5.74, 6) is 1.66. The van der Waals surface area contributed by atoms with E-state index in [0.29, 0.717) is 23.8 Å². The van der Waals surface area contributed by atoms with E-state index in [1.807, 2.05) is 0 Å². The number of alkyl halides is 1. The second-order valence-corrected chi connectivity index (χ2v) is 4.86. The number of nitrogens with zero attached hydrogens (tertiary/aromatic N) is 2. The highest BCUT2D eigenvalue weighted by Gasteiger charge is 2.25. The Kier molecular flexibility index (Phi) is 4.60. The lowest BCUT2D eigenvalue weighted by atomic mass is 9.85. The van der Waals surface area contributed by atoms with Gasteiger partial charge in [0.1, 0.15) is 6.10 Å². The second-order valence-electron chi connectivity index (χ2n) is 4.59. The molecule has 0 aromatic carbocycles. The van der Waals surface area contributed by atoms with Gasteiger partial charge in [-0.1, -0.05) is 13.3 Å². The van der Waals surface area contributed by atoms with E-state index in [1.165, 1.54) is 25.7 Å². The predicted octanol–water partition coefficient (Wildman–Crippen LogP) is 3.56. The van der Waals surface area contributed by atoms with Gasteiger partial charge in [0.2, 0.25) is 5.88 Å². The molecule has 17 heavy (non-hydrogen) atoms. The van der Waals surface area contributed by atoms with Gasteiger partial charge in [0.05, 0.1) is 17.8 Å². The molecule has 0 amide bonds. The average Bonchev–Trinajstić information content (AvgIpc) is 2.39. The minimum Gasteiger partial charge on any atom is -0.473 e. The fraction of sp³-hybridized carbons (Fsp3) is 0.692. The summed E-state index contributed by atoms with van der Waals surface area (Å²) in [4.78, 5) is 8.44. The zero-order valence-corrected chi connectivity index (χ0v) is 11.0. The normalized spacial score (nSPS) is 24.6. The van der Waals surface area contributed by atoms with Crippen LogP contribution in [0.1, 0.15) is 44.7 Å². The van der Waals surface area contributed by atoms with Gasteiger partial charge in [0.25, 0.3) is 0 Å². The van der Waals surface area contributed by atoms with Crippen molar-refractivity contribution < 1.29 is 4.74 Å². The SMILES string of the molecule is CCC1CCCCC1Oc1cncc(CCl)n1. The van der Waals surface area contributed by atoms with Crippen molar-refractivity contribution in [2.75, 3.05) is 0 Å². The van der Waals surface area contributed by atoms with Crippen molar-refractivity contribution in [2.45, 2.75) is 51.0 Å². The predicted molar refractivity (Wildman–Crippen MR) is 68.3 cm³/mol. The van der Waals surface area contributed by atoms with E-state index in [0.717, 1.165) is 12.1 Å². The summed E-state index contributed by atoms with van der Waals surface area (Å²) in [6.07, 6.45) is 9.81. The maximum atomic E-state index is 5.97. The third kappa shape index (κ3) is 3.32. The molecule has 1 aromatic rings. The van der Waals surface area contributed by atoms with E-state index < -0.39 is 0 Å². The average molecular weight is 255 g/mol. The first-order valence-electron chi connectivity index (χ1n) is 6.37. The second kappa shape index (κ2) is 6.20. The minimum atomic E-state index is 0.300. The highest BCUT2D eigenvalue weighted by molar-refractivity contribution is 6.16. The van der Waals surface area contributed by atoms with Crippen LogP contribution in [0.2, 0.25) is 0 Å². The van der Waals surface area contributed by atoms with Gasteiger partial charge in [-0.05, 0) is 31.6 Å². The highest BCUT2D eigenvalue weighted by atomic mass is 35.5. The Labute approximate surface area is 108 Å². The molecule has 0 radical (unpaired) electrons. The molecule has 1 fully saturated rings. The molecule has 4 heteroatoms. The Bertz CT molecular complexity index is 359. The standard InChI is InChI=1S/C13H19ClN2O/c1-2-10-5-3-4-6-12(10)17-13-9-15-8-11(7-14)16-13/h8-10,12H,2-7H2,1H3. The van der Waals surface area contributed by atoms with Gasteiger partial charge < -0.3 is 4.74 Å². The summed E-state index contributed by atoms with van der Waals surface area (Å²) < 4.78 is 5.97. The molecule has 1 aromatic heterocycles. The number of ether oxygens (including phenoxy) is 1. The molecule has 0 saturated heterocycles. The molecule has 2 rings (SSSR count). The van der Waals surface area contributed by atoms with Gasteiger partial charge in [-0.25, -0.2) is 4.98 Å². The van der Waals surface area contributed by atoms with Crippen molar-refractivity contribution in [3.8, 4) is 5.88 Å². The largest absolute Gasteiger partial charge is 0.473 e. The van der Waals surface area contributed by atoms with Crippen molar-refractivity contribution in [1.82, 2.24) is 9.97 Å². The monoisotopic (exact) mass is 254 g/mol. The van der Waals surface area contributed by atoms with Crippen LogP contribution >= 0.6 is 11.6 Å². The molecule has 0 N–H and O–H groups in total. The molecule has 94 valence electrons. The van der Waals surface area contributed by atoms with Crippen LogP contribution in [0.15, 0.2) is 12.4 Å². The summed E-state index contributed by atoms with van der Waals surface area (Å²) >= 11 is 5.74. The first kappa shape index (κ1) is 12.6. The number of aromatic nitrogens is 2. The minimum absolute atomic E-state index is 0.300. The van der Waals surface area contributed by atoms with E-state index in [1.54, 1.807) is 12.4 Å². The fourth-order valence-electron chi connectivity index (χ4n) is 2.46. The summed E-state index contributed by atoms with van der Waals surface area (Å²) in [5.41, 5.74) is 0.771. The van der Waals surface area contributed by atoms with Gasteiger partial charge in [-0.15, -0.1) is 11.6 Å². The lowest BCUT2D eigenvalue weighted by molar-refractivity contribution is 0.0852. The van der Waals surface area contributed by atoms with Gasteiger partial charge in [0, 0.05) is 6.20 Å². The van der Waals surface area contributed by atoms with Crippen molar-refractivity contribution in [3.05, 3.63) is 18.1 Å². The van der Waals surface area contributed by atoms with Crippen LogP contribution < -0.4 is 4.74 Å². The maximum Gasteiger partial charge on any atom is 0.232 e. The number of hydrogen-bond acceptors (Lipinski definition) is 3. The zero-order chi connectivity index (χ0) is 12.1. The smallest absolute Gasteiger partial charge is 0.232 e. The summed E-state index contributed by atoms with van der Waals surface area (Å²) in [5, 5.41) is 0. The Hall–Kier alpha value is -0.830. The van der Waals surface area contributed by atoms with Crippen molar-refractivity contribution in [3.63, 3.8) is 0 Å². The number of hydrogen-bond donors (Lipinski definition) is 0. The molecule has 3 nitrogen and oxygen atoms in total. The first-order chi connectivity index (χ1) is 8.33. The van der Waals surface area contributed by atoms with Gasteiger partial charge in [-0.3, -0.25) is 4.98 Å². The fourth-order valence-corrected chi connectivity index (χ4v) is 2.59. The summed E-state index contributed by atoms with van der Waals surface area (Å²) in [7, 11) is 0. The van der Waals surface area contributed by atoms with E-state index in [2.05, 4.69) is 16.9 Å². The third-order valence-corrected chi connectivity index (χ3v) is 3.71. The van der Waals surface area contributed by atoms with Crippen LogP contribution in [0, 0.1) is 5.92 Å². The molecule has 1 aliphatic carbocycles. The molecule has 2 atom stereocenters. The van der Waals surface area contributed by atoms with Crippen molar-refractivity contribution in [1.29, 1.82) is 0 Å². The Morgan fingerprint density at radius 1 is 1.35 bits per heavy atom. The van der Waals surface area contributed by atoms with Crippen LogP contribution in [0.5, 0.6) is 5.88 Å². The van der Waals surface area contributed by atoms with E-state index in [4.69, 9.17) is 16.3 Å². The molecular formula is C13H19ClN2O. The van der Waals surface area contributed by atoms with Crippen molar-refractivity contribution >= 4 is 11.6 Å². The van der Waals surface area contributed by atoms with Crippen molar-refractivity contribution in [2.24, 2.45) is 5.92 Å². The lowest BCUT2D eigenvalue weighted by Gasteiger charge is -2.30. The maximum absolute atomic E-state index is 5.97. The van der Waals surface area contributed by atoms with E-state index >= 15 is 0 Å². The lowest BCUT2D eigenvalue weighted by Crippen LogP contribution is -2.30. The summed E-state index contributed by atoms with van der Waals surface area (Å²) in [6, 6.07) is 0. The third-order valence-electron chi connectivity index (χ3n) is 3.44. The first-order valence-corrected chi connectivity index (χ1v) is 6.90. The van der Waals surface area contributed by atoms with Crippen LogP contribution in [0.25, 0.3) is 0 Å². The van der Waals surface area contributed by atoms with Gasteiger partial charge in [0.15, 0.2) is 0 Å². The Morgan fingerprint density at radius 2 is 2.18 bits per heavy atom. The van der Waals surface area contributed by atoms with Crippen LogP contribution in [0.4, 0.5) is 0 Å². The molecular weight excluding hydrogens is 236 g/mol. The topological polar surface area (TPSA) is 35.0 Å². The number of rotatable bonds is 4. The Morgan fingerprint density at radius 3 is 2.94 bits per heavy atom. The molecule has 0 bridgehead atoms. The molecule has 2 unspecified atom stereocenters. The molecule has 1 aliphatic rings. The van der Waals surface area contributed by atoms with E-state index in [-0.39, 0.29) is 0 Å². The molecule has 0 aliphatic heterocycles. The van der Waals surface area contributed by atoms with Crippen LogP contribution in [-0.4, -0.2) is 16.1 Å². The highest BCUT2D eigenvalue weighted by Crippen LogP contribution is 2.29. The molecule has 0 spiro atoms. The Balaban J connectivity index is 2.02. The molecule has 1 heterocycles. The van der Waals surface area contributed by atoms with Gasteiger partial charge in [-0.2, -0.15) is 0 Å². The molecule has 1 saturated carbocycles. The summed E-state index contributed by atoms with van der Waals surface area (Å²) in [6.45, 7) is 2.23. The van der Waals surface area contributed by atoms with Crippen LogP contribution in [-0.2, 0) is 5.88 Å². The van der Waals surface area contributed by atoms with E-state index in [9.17, 15) is 0 Å². The van der Waals surface area contributed by atoms with Gasteiger partial charge >= 0.3 is 0 Å². The quantitative estimate of drug-likeness (QED) is 0.771. The zero-order valence-electron chi connectivity index (χ0n) is 10.2. The van der Waals surface area contributed by atoms with Crippen LogP contribution in [0.3, 0.4) is 0 Å².